The average Bonchev–Trinajstić information content (AvgIpc) is 3.19. The highest BCUT2D eigenvalue weighted by molar-refractivity contribution is 5.73. The molecule has 0 unspecified atom stereocenters. The quantitative estimate of drug-likeness (QED) is 0.170. The molecule has 3 saturated heterocycles. The Hall–Kier alpha value is -1.54. The predicted molar refractivity (Wildman–Crippen MR) is 221 cm³/mol. The number of carbonyl (C=O) groups excluding carboxylic acids is 2. The Labute approximate surface area is 354 Å². The van der Waals surface area contributed by atoms with Crippen molar-refractivity contribution in [1.29, 1.82) is 0 Å². The number of methoxy groups -OCH3 is 2. The maximum absolute atomic E-state index is 14.4. The fourth-order valence-electron chi connectivity index (χ4n) is 9.35. The Balaban J connectivity index is 2.15. The van der Waals surface area contributed by atoms with Gasteiger partial charge in [-0.25, -0.2) is 0 Å². The van der Waals surface area contributed by atoms with Crippen LogP contribution < -0.4 is 10.6 Å². The van der Waals surface area contributed by atoms with Gasteiger partial charge in [-0.15, -0.1) is 0 Å². The molecule has 346 valence electrons. The fraction of sp³-hybridized carbons (Fsp3) is 0.953. The van der Waals surface area contributed by atoms with E-state index in [1.165, 1.54) is 6.92 Å². The van der Waals surface area contributed by atoms with Crippen molar-refractivity contribution in [2.45, 2.75) is 199 Å². The van der Waals surface area contributed by atoms with E-state index >= 15 is 0 Å². The van der Waals surface area contributed by atoms with Crippen LogP contribution in [0.3, 0.4) is 0 Å². The first-order valence-corrected chi connectivity index (χ1v) is 21.9. The van der Waals surface area contributed by atoms with Gasteiger partial charge in [0.2, 0.25) is 0 Å². The Kier molecular flexibility index (Phi) is 19.5. The van der Waals surface area contributed by atoms with E-state index < -0.39 is 102 Å². The summed E-state index contributed by atoms with van der Waals surface area (Å²) in [6, 6.07) is -0.867. The summed E-state index contributed by atoms with van der Waals surface area (Å²) in [6.07, 6.45) is -7.49. The van der Waals surface area contributed by atoms with Gasteiger partial charge in [-0.05, 0) is 100 Å². The minimum atomic E-state index is -1.80. The molecule has 0 amide bonds. The molecule has 3 fully saturated rings. The van der Waals surface area contributed by atoms with E-state index in [0.29, 0.717) is 32.5 Å². The highest BCUT2D eigenvalue weighted by Crippen LogP contribution is 2.41. The van der Waals surface area contributed by atoms with Crippen LogP contribution in [0.1, 0.15) is 109 Å². The van der Waals surface area contributed by atoms with E-state index in [2.05, 4.69) is 17.6 Å². The topological polar surface area (TPSA) is 196 Å². The van der Waals surface area contributed by atoms with Crippen LogP contribution in [0.25, 0.3) is 0 Å². The number of aliphatic hydroxyl groups excluding tert-OH is 2. The van der Waals surface area contributed by atoms with Gasteiger partial charge in [-0.2, -0.15) is 0 Å². The zero-order valence-electron chi connectivity index (χ0n) is 38.7. The van der Waals surface area contributed by atoms with E-state index in [-0.39, 0.29) is 37.5 Å². The number of nitrogens with one attached hydrogen (secondary N) is 2. The molecule has 0 spiro atoms. The van der Waals surface area contributed by atoms with Crippen molar-refractivity contribution in [2.24, 2.45) is 17.8 Å². The number of likely N-dealkylation sites (N-methyl/N-ethyl adjacent to an activating group) is 2. The lowest BCUT2D eigenvalue weighted by atomic mass is 9.77. The number of ether oxygens (including phenoxy) is 8. The van der Waals surface area contributed by atoms with Crippen molar-refractivity contribution in [3.05, 3.63) is 0 Å². The Morgan fingerprint density at radius 2 is 1.54 bits per heavy atom. The molecular weight excluding hydrogens is 766 g/mol. The fourth-order valence-corrected chi connectivity index (χ4v) is 9.35. The molecule has 59 heavy (non-hydrogen) atoms. The van der Waals surface area contributed by atoms with E-state index in [4.69, 9.17) is 37.9 Å². The number of cyclic esters (lactones) is 1. The molecule has 16 nitrogen and oxygen atoms in total. The van der Waals surface area contributed by atoms with Crippen molar-refractivity contribution in [3.8, 4) is 0 Å². The highest BCUT2D eigenvalue weighted by Gasteiger charge is 2.54. The molecule has 3 aliphatic heterocycles. The van der Waals surface area contributed by atoms with Crippen molar-refractivity contribution < 1.29 is 62.8 Å². The summed E-state index contributed by atoms with van der Waals surface area (Å²) in [5.74, 6) is -2.75. The zero-order chi connectivity index (χ0) is 44.6. The van der Waals surface area contributed by atoms with Gasteiger partial charge in [0, 0.05) is 38.6 Å². The van der Waals surface area contributed by atoms with Crippen molar-refractivity contribution in [2.75, 3.05) is 47.4 Å². The van der Waals surface area contributed by atoms with Crippen molar-refractivity contribution >= 4 is 11.9 Å². The van der Waals surface area contributed by atoms with Gasteiger partial charge < -0.3 is 63.8 Å². The highest BCUT2D eigenvalue weighted by atomic mass is 16.7. The average molecular weight is 848 g/mol. The summed E-state index contributed by atoms with van der Waals surface area (Å²) in [5, 5.41) is 41.3. The van der Waals surface area contributed by atoms with Crippen LogP contribution in [0.5, 0.6) is 0 Å². The first-order valence-electron chi connectivity index (χ1n) is 21.9. The Bertz CT molecular complexity index is 1310. The minimum absolute atomic E-state index is 0.0490. The number of rotatable bonds is 13. The third-order valence-corrected chi connectivity index (χ3v) is 13.4. The van der Waals surface area contributed by atoms with Crippen molar-refractivity contribution in [3.63, 3.8) is 0 Å². The molecule has 16 heteroatoms. The summed E-state index contributed by atoms with van der Waals surface area (Å²) in [4.78, 5) is 29.5. The molecule has 0 aromatic heterocycles. The van der Waals surface area contributed by atoms with Crippen LogP contribution in [-0.4, -0.2) is 170 Å². The number of aliphatic hydroxyl groups is 3. The lowest BCUT2D eigenvalue weighted by molar-refractivity contribution is -0.318. The Morgan fingerprint density at radius 1 is 0.932 bits per heavy atom. The maximum Gasteiger partial charge on any atom is 0.320 e. The second-order valence-corrected chi connectivity index (χ2v) is 18.1. The molecule has 18 atom stereocenters. The second-order valence-electron chi connectivity index (χ2n) is 18.1. The van der Waals surface area contributed by atoms with Gasteiger partial charge in [0.05, 0.1) is 42.5 Å². The van der Waals surface area contributed by atoms with E-state index in [1.54, 1.807) is 49.0 Å². The lowest BCUT2D eigenvalue weighted by Crippen LogP contribution is -2.61. The monoisotopic (exact) mass is 848 g/mol. The third kappa shape index (κ3) is 12.6. The largest absolute Gasteiger partial charge is 0.459 e. The van der Waals surface area contributed by atoms with Gasteiger partial charge in [0.25, 0.3) is 0 Å². The van der Waals surface area contributed by atoms with Crippen LogP contribution in [0.15, 0.2) is 0 Å². The minimum Gasteiger partial charge on any atom is -0.459 e. The number of hydrogen-bond acceptors (Lipinski definition) is 16. The van der Waals surface area contributed by atoms with Gasteiger partial charge in [0.15, 0.2) is 18.7 Å². The third-order valence-electron chi connectivity index (χ3n) is 13.4. The lowest BCUT2D eigenvalue weighted by Gasteiger charge is -2.49. The maximum atomic E-state index is 14.4. The number of hydrogen-bond donors (Lipinski definition) is 5. The van der Waals surface area contributed by atoms with Crippen LogP contribution in [0.4, 0.5) is 0 Å². The molecule has 0 aromatic rings. The van der Waals surface area contributed by atoms with Gasteiger partial charge in [-0.3, -0.25) is 14.5 Å². The summed E-state index contributed by atoms with van der Waals surface area (Å²) < 4.78 is 51.2. The summed E-state index contributed by atoms with van der Waals surface area (Å²) in [7, 11) is 4.95. The second kappa shape index (κ2) is 22.2. The first kappa shape index (κ1) is 51.8. The molecule has 0 aromatic carbocycles. The molecule has 0 radical (unpaired) electrons. The first-order chi connectivity index (χ1) is 27.5. The molecule has 3 heterocycles. The standard InChI is InChI=1S/C43H81N3O13/c1-16-31-43(12,51)36(49)28(8)45-22-24(4)20-41(10,52-14)37(59-40-34(48)30(44-13)19-25(5)54-40)26(6)35(27(7)39(50)56-31)58-33-21-42(11,53-15)38(29(9)55-33)57-32(47)23-46(17-2)18-3/h24-31,33-38,40,44-45,48-49,51H,16-23H2,1-15H3/t24-,25-,26+,27-,28-,29+,30+,31-,33+,34-,35+,36-,37-,38+,40+,41-,42-,43-/m1/s1. The molecule has 0 aliphatic carbocycles. The molecule has 5 N–H and O–H groups in total. The molecular formula is C43H81N3O13. The van der Waals surface area contributed by atoms with Crippen LogP contribution in [0.2, 0.25) is 0 Å². The smallest absolute Gasteiger partial charge is 0.320 e. The number of carbonyl (C=O) groups is 2. The SMILES string of the molecule is CC[C@H]1OC(=O)[C@H](C)[C@@H](O[C@H]2C[C@@](C)(OC)[C@@H](OC(=O)CN(CC)CC)[C@H](C)O2)[C@H](C)[C@@H](O[C@@H]2O[C@H](C)C[C@H](NC)[C@H]2O)[C@](C)(OC)C[C@@H](C)CN[C@H](C)[C@@H](O)[C@]1(C)O. The summed E-state index contributed by atoms with van der Waals surface area (Å²) in [6.45, 7) is 24.1. The van der Waals surface area contributed by atoms with Crippen LogP contribution in [0, 0.1) is 17.8 Å². The summed E-state index contributed by atoms with van der Waals surface area (Å²) in [5.41, 5.74) is -3.88. The van der Waals surface area contributed by atoms with Crippen LogP contribution >= 0.6 is 0 Å². The predicted octanol–water partition coefficient (Wildman–Crippen LogP) is 2.76. The molecule has 3 rings (SSSR count). The van der Waals surface area contributed by atoms with E-state index in [9.17, 15) is 24.9 Å². The van der Waals surface area contributed by atoms with E-state index in [0.717, 1.165) is 0 Å². The summed E-state index contributed by atoms with van der Waals surface area (Å²) >= 11 is 0. The zero-order valence-corrected chi connectivity index (χ0v) is 38.7. The van der Waals surface area contributed by atoms with Gasteiger partial charge >= 0.3 is 11.9 Å². The van der Waals surface area contributed by atoms with Crippen molar-refractivity contribution in [1.82, 2.24) is 15.5 Å². The van der Waals surface area contributed by atoms with Crippen LogP contribution in [-0.2, 0) is 47.5 Å². The molecule has 0 saturated carbocycles. The normalized spacial score (nSPS) is 44.7. The van der Waals surface area contributed by atoms with Gasteiger partial charge in [-0.1, -0.05) is 34.6 Å². The molecule has 3 aliphatic rings. The number of esters is 2. The Morgan fingerprint density at radius 3 is 2.10 bits per heavy atom. The van der Waals surface area contributed by atoms with E-state index in [1.807, 2.05) is 46.4 Å². The number of nitrogens with zero attached hydrogens (tertiary/aromatic N) is 1. The van der Waals surface area contributed by atoms with Gasteiger partial charge in [0.1, 0.15) is 29.5 Å². The molecule has 0 bridgehead atoms.